The van der Waals surface area contributed by atoms with Crippen LogP contribution in [0, 0.1) is 13.8 Å². The Morgan fingerprint density at radius 1 is 1.00 bits per heavy atom. The van der Waals surface area contributed by atoms with Crippen LogP contribution in [0.2, 0.25) is 0 Å². The molecule has 1 fully saturated rings. The Balaban J connectivity index is 1.98. The zero-order valence-electron chi connectivity index (χ0n) is 14.0. The van der Waals surface area contributed by atoms with Crippen LogP contribution in [-0.4, -0.2) is 33.5 Å². The lowest BCUT2D eigenvalue weighted by atomic mass is 9.75. The van der Waals surface area contributed by atoms with Gasteiger partial charge in [-0.15, -0.1) is 10.2 Å². The minimum atomic E-state index is -0.367. The van der Waals surface area contributed by atoms with Gasteiger partial charge in [0.05, 0.1) is 11.2 Å². The SMILES string of the molecule is Cc1nnc(-c2ccc(C)c(B3OC(C)(C)C(C)(C)O3)c2)[nH]1. The van der Waals surface area contributed by atoms with Crippen LogP contribution in [0.5, 0.6) is 0 Å². The van der Waals surface area contributed by atoms with Crippen LogP contribution in [0.15, 0.2) is 18.2 Å². The highest BCUT2D eigenvalue weighted by Crippen LogP contribution is 2.36. The third kappa shape index (κ3) is 2.46. The number of benzene rings is 1. The molecule has 0 atom stereocenters. The first kappa shape index (κ1) is 15.2. The van der Waals surface area contributed by atoms with E-state index in [1.165, 1.54) is 0 Å². The van der Waals surface area contributed by atoms with Crippen molar-refractivity contribution in [1.29, 1.82) is 0 Å². The van der Waals surface area contributed by atoms with Crippen molar-refractivity contribution in [2.75, 3.05) is 0 Å². The molecular formula is C16H22BN3O2. The first-order chi connectivity index (χ1) is 10.2. The van der Waals surface area contributed by atoms with Crippen LogP contribution < -0.4 is 5.46 Å². The van der Waals surface area contributed by atoms with Crippen molar-refractivity contribution in [3.8, 4) is 11.4 Å². The van der Waals surface area contributed by atoms with Crippen molar-refractivity contribution >= 4 is 12.6 Å². The smallest absolute Gasteiger partial charge is 0.399 e. The molecule has 22 heavy (non-hydrogen) atoms. The molecule has 1 aromatic heterocycles. The van der Waals surface area contributed by atoms with E-state index in [4.69, 9.17) is 9.31 Å². The van der Waals surface area contributed by atoms with Crippen LogP contribution in [-0.2, 0) is 9.31 Å². The molecule has 1 aromatic carbocycles. The molecule has 0 spiro atoms. The van der Waals surface area contributed by atoms with E-state index in [-0.39, 0.29) is 18.3 Å². The minimum absolute atomic E-state index is 0.344. The summed E-state index contributed by atoms with van der Waals surface area (Å²) < 4.78 is 12.3. The van der Waals surface area contributed by atoms with Crippen LogP contribution >= 0.6 is 0 Å². The predicted molar refractivity (Wildman–Crippen MR) is 87.0 cm³/mol. The molecule has 2 heterocycles. The Bertz CT molecular complexity index is 693. The Morgan fingerprint density at radius 3 is 2.18 bits per heavy atom. The van der Waals surface area contributed by atoms with E-state index in [1.54, 1.807) is 0 Å². The molecule has 3 rings (SSSR count). The summed E-state index contributed by atoms with van der Waals surface area (Å²) in [6.45, 7) is 12.2. The molecule has 0 amide bonds. The van der Waals surface area contributed by atoms with E-state index in [0.29, 0.717) is 0 Å². The van der Waals surface area contributed by atoms with Crippen LogP contribution in [0.25, 0.3) is 11.4 Å². The Kier molecular flexibility index (Phi) is 3.42. The standard InChI is InChI=1S/C16H22BN3O2/c1-10-7-8-12(14-18-11(2)19-20-14)9-13(10)17-21-15(3,4)16(5,6)22-17/h7-9H,1-6H3,(H,18,19,20). The van der Waals surface area contributed by atoms with E-state index in [1.807, 2.05) is 13.0 Å². The molecule has 0 bridgehead atoms. The van der Waals surface area contributed by atoms with Gasteiger partial charge in [0, 0.05) is 5.56 Å². The Labute approximate surface area is 131 Å². The van der Waals surface area contributed by atoms with Crippen LogP contribution in [0.1, 0.15) is 39.1 Å². The third-order valence-corrected chi connectivity index (χ3v) is 4.66. The molecule has 0 radical (unpaired) electrons. The maximum absolute atomic E-state index is 6.16. The number of hydrogen-bond acceptors (Lipinski definition) is 4. The summed E-state index contributed by atoms with van der Waals surface area (Å²) in [5.41, 5.74) is 2.46. The lowest BCUT2D eigenvalue weighted by Crippen LogP contribution is -2.41. The summed E-state index contributed by atoms with van der Waals surface area (Å²) in [7, 11) is -0.367. The highest BCUT2D eigenvalue weighted by atomic mass is 16.7. The number of aromatic nitrogens is 3. The van der Waals surface area contributed by atoms with Crippen molar-refractivity contribution < 1.29 is 9.31 Å². The van der Waals surface area contributed by atoms with E-state index in [0.717, 1.165) is 28.2 Å². The van der Waals surface area contributed by atoms with Gasteiger partial charge >= 0.3 is 7.12 Å². The quantitative estimate of drug-likeness (QED) is 0.865. The molecule has 1 saturated heterocycles. The van der Waals surface area contributed by atoms with Crippen molar-refractivity contribution in [2.24, 2.45) is 0 Å². The molecule has 1 aliphatic rings. The highest BCUT2D eigenvalue weighted by molar-refractivity contribution is 6.62. The third-order valence-electron chi connectivity index (χ3n) is 4.66. The van der Waals surface area contributed by atoms with Gasteiger partial charge in [0.1, 0.15) is 5.82 Å². The molecule has 116 valence electrons. The summed E-state index contributed by atoms with van der Waals surface area (Å²) in [5, 5.41) is 8.17. The summed E-state index contributed by atoms with van der Waals surface area (Å²) in [4.78, 5) is 3.16. The lowest BCUT2D eigenvalue weighted by molar-refractivity contribution is 0.00578. The number of H-pyrrole nitrogens is 1. The van der Waals surface area contributed by atoms with Gasteiger partial charge in [0.15, 0.2) is 5.82 Å². The molecule has 1 N–H and O–H groups in total. The molecule has 0 saturated carbocycles. The van der Waals surface area contributed by atoms with Gasteiger partial charge in [0.25, 0.3) is 0 Å². The second-order valence-corrected chi connectivity index (χ2v) is 6.92. The number of hydrogen-bond donors (Lipinski definition) is 1. The van der Waals surface area contributed by atoms with Gasteiger partial charge in [0.2, 0.25) is 0 Å². The highest BCUT2D eigenvalue weighted by Gasteiger charge is 2.52. The number of nitrogens with zero attached hydrogens (tertiary/aromatic N) is 2. The topological polar surface area (TPSA) is 60.0 Å². The number of aromatic amines is 1. The predicted octanol–water partition coefficient (Wildman–Crippen LogP) is 2.39. The number of nitrogens with one attached hydrogen (secondary N) is 1. The van der Waals surface area contributed by atoms with Gasteiger partial charge < -0.3 is 14.3 Å². The van der Waals surface area contributed by atoms with Crippen LogP contribution in [0.3, 0.4) is 0 Å². The molecule has 0 unspecified atom stereocenters. The van der Waals surface area contributed by atoms with Gasteiger partial charge in [-0.2, -0.15) is 0 Å². The first-order valence-corrected chi connectivity index (χ1v) is 7.55. The average molecular weight is 299 g/mol. The van der Waals surface area contributed by atoms with E-state index in [2.05, 4.69) is 61.9 Å². The fourth-order valence-corrected chi connectivity index (χ4v) is 2.49. The second-order valence-electron chi connectivity index (χ2n) is 6.92. The van der Waals surface area contributed by atoms with Crippen LogP contribution in [0.4, 0.5) is 0 Å². The summed E-state index contributed by atoms with van der Waals surface area (Å²) >= 11 is 0. The molecule has 0 aliphatic carbocycles. The molecular weight excluding hydrogens is 277 g/mol. The Morgan fingerprint density at radius 2 is 1.64 bits per heavy atom. The van der Waals surface area contributed by atoms with E-state index >= 15 is 0 Å². The molecule has 2 aromatic rings. The fourth-order valence-electron chi connectivity index (χ4n) is 2.49. The first-order valence-electron chi connectivity index (χ1n) is 7.55. The zero-order chi connectivity index (χ0) is 16.1. The number of aryl methyl sites for hydroxylation is 2. The maximum atomic E-state index is 6.16. The van der Waals surface area contributed by atoms with Crippen molar-refractivity contribution in [1.82, 2.24) is 15.2 Å². The fraction of sp³-hybridized carbons (Fsp3) is 0.500. The zero-order valence-corrected chi connectivity index (χ0v) is 14.0. The van der Waals surface area contributed by atoms with Crippen molar-refractivity contribution in [3.05, 3.63) is 29.6 Å². The molecule has 1 aliphatic heterocycles. The lowest BCUT2D eigenvalue weighted by Gasteiger charge is -2.32. The van der Waals surface area contributed by atoms with E-state index in [9.17, 15) is 0 Å². The Hall–Kier alpha value is -1.66. The van der Waals surface area contributed by atoms with Crippen molar-refractivity contribution in [3.63, 3.8) is 0 Å². The minimum Gasteiger partial charge on any atom is -0.399 e. The largest absolute Gasteiger partial charge is 0.495 e. The van der Waals surface area contributed by atoms with Gasteiger partial charge in [-0.3, -0.25) is 0 Å². The summed E-state index contributed by atoms with van der Waals surface area (Å²) in [6.07, 6.45) is 0. The summed E-state index contributed by atoms with van der Waals surface area (Å²) in [6, 6.07) is 6.16. The van der Waals surface area contributed by atoms with Crippen molar-refractivity contribution in [2.45, 2.75) is 52.7 Å². The van der Waals surface area contributed by atoms with Gasteiger partial charge in [-0.05, 0) is 47.0 Å². The summed E-state index contributed by atoms with van der Waals surface area (Å²) in [5.74, 6) is 1.56. The average Bonchev–Trinajstić information content (AvgIpc) is 2.92. The maximum Gasteiger partial charge on any atom is 0.495 e. The molecule has 6 heteroatoms. The van der Waals surface area contributed by atoms with Gasteiger partial charge in [-0.25, -0.2) is 0 Å². The molecule has 5 nitrogen and oxygen atoms in total. The van der Waals surface area contributed by atoms with Gasteiger partial charge in [-0.1, -0.05) is 23.8 Å². The number of rotatable bonds is 2. The second kappa shape index (κ2) is 4.93. The van der Waals surface area contributed by atoms with E-state index < -0.39 is 0 Å². The monoisotopic (exact) mass is 299 g/mol. The normalized spacial score (nSPS) is 19.6.